The molecule has 0 N–H and O–H groups in total. The number of hydrogen-bond acceptors (Lipinski definition) is 0. The van der Waals surface area contributed by atoms with Crippen LogP contribution in [0.2, 0.25) is 0 Å². The zero-order valence-electron chi connectivity index (χ0n) is 3.70. The van der Waals surface area contributed by atoms with Crippen molar-refractivity contribution in [1.29, 1.82) is 0 Å². The van der Waals surface area contributed by atoms with Crippen LogP contribution in [0.15, 0.2) is 10.5 Å². The molecule has 0 aliphatic heterocycles. The van der Waals surface area contributed by atoms with Crippen molar-refractivity contribution in [2.24, 2.45) is 0 Å². The van der Waals surface area contributed by atoms with Gasteiger partial charge in [-0.15, -0.1) is 0 Å². The second-order valence-corrected chi connectivity index (χ2v) is 2.97. The third-order valence-electron chi connectivity index (χ3n) is 1.04. The molecule has 0 amide bonds. The van der Waals surface area contributed by atoms with E-state index in [1.807, 2.05) is 0 Å². The number of allylic oxidation sites excluding steroid dienone is 2. The quantitative estimate of drug-likeness (QED) is 0.443. The average molecular weight is 140 g/mol. The fraction of sp³-hybridized carbons (Fsp3) is 0.600. The fourth-order valence-electron chi connectivity index (χ4n) is 0.671. The summed E-state index contributed by atoms with van der Waals surface area (Å²) in [6.45, 7) is 0. The summed E-state index contributed by atoms with van der Waals surface area (Å²) in [5.41, 5.74) is 0. The van der Waals surface area contributed by atoms with E-state index in [-0.39, 0.29) is 0 Å². The summed E-state index contributed by atoms with van der Waals surface area (Å²) in [4.78, 5) is 0. The summed E-state index contributed by atoms with van der Waals surface area (Å²) in [6.07, 6.45) is 6.39. The molecule has 1 rings (SSSR count). The molecule has 6 heavy (non-hydrogen) atoms. The van der Waals surface area contributed by atoms with E-state index in [2.05, 4.69) is 22.6 Å². The van der Waals surface area contributed by atoms with Crippen LogP contribution in [-0.4, -0.2) is 16.5 Å². The molecular weight excluding hydrogens is 133 g/mol. The van der Waals surface area contributed by atoms with Crippen molar-refractivity contribution in [3.63, 3.8) is 0 Å². The van der Waals surface area contributed by atoms with Crippen molar-refractivity contribution >= 4 is 16.5 Å². The first-order valence-electron chi connectivity index (χ1n) is 2.30. The van der Waals surface area contributed by atoms with Gasteiger partial charge in [0.2, 0.25) is 0 Å². The molecule has 0 bridgehead atoms. The first kappa shape index (κ1) is 4.44. The van der Waals surface area contributed by atoms with Crippen LogP contribution >= 0.6 is 0 Å². The first-order chi connectivity index (χ1) is 2.89. The monoisotopic (exact) mass is 141 g/mol. The van der Waals surface area contributed by atoms with Crippen LogP contribution in [0.1, 0.15) is 19.3 Å². The Hall–Kier alpha value is 0.283. The molecule has 0 spiro atoms. The zero-order chi connectivity index (χ0) is 4.41. The fourth-order valence-corrected chi connectivity index (χ4v) is 1.34. The Kier molecular flexibility index (Phi) is 1.35. The summed E-state index contributed by atoms with van der Waals surface area (Å²) in [7, 11) is 0. The SMILES string of the molecule is [Ge][C]1=CCCC1. The molecule has 0 saturated carbocycles. The Bertz CT molecular complexity index is 74.0. The summed E-state index contributed by atoms with van der Waals surface area (Å²) < 4.78 is 1.58. The van der Waals surface area contributed by atoms with Crippen molar-refractivity contribution in [3.8, 4) is 0 Å². The van der Waals surface area contributed by atoms with Crippen LogP contribution in [-0.2, 0) is 0 Å². The number of rotatable bonds is 0. The van der Waals surface area contributed by atoms with E-state index >= 15 is 0 Å². The van der Waals surface area contributed by atoms with Crippen molar-refractivity contribution < 1.29 is 0 Å². The van der Waals surface area contributed by atoms with Gasteiger partial charge in [0.1, 0.15) is 0 Å². The summed E-state index contributed by atoms with van der Waals surface area (Å²) in [5.74, 6) is 0. The van der Waals surface area contributed by atoms with E-state index in [9.17, 15) is 0 Å². The average Bonchev–Trinajstić information content (AvgIpc) is 1.86. The predicted octanol–water partition coefficient (Wildman–Crippen LogP) is 1.22. The van der Waals surface area contributed by atoms with Crippen molar-refractivity contribution in [2.45, 2.75) is 19.3 Å². The Morgan fingerprint density at radius 3 is 2.67 bits per heavy atom. The molecular formula is C5H7Ge. The molecule has 0 aromatic carbocycles. The van der Waals surface area contributed by atoms with Gasteiger partial charge in [0, 0.05) is 0 Å². The van der Waals surface area contributed by atoms with E-state index in [1.165, 1.54) is 19.3 Å². The van der Waals surface area contributed by atoms with E-state index in [1.54, 1.807) is 4.41 Å². The van der Waals surface area contributed by atoms with E-state index in [0.29, 0.717) is 0 Å². The third-order valence-corrected chi connectivity index (χ3v) is 1.99. The molecule has 0 aromatic rings. The zero-order valence-corrected chi connectivity index (χ0v) is 5.80. The normalized spacial score (nSPS) is 21.2. The van der Waals surface area contributed by atoms with E-state index in [0.717, 1.165) is 0 Å². The second-order valence-electron chi connectivity index (χ2n) is 1.62. The maximum atomic E-state index is 2.32. The molecule has 0 heterocycles. The van der Waals surface area contributed by atoms with Gasteiger partial charge in [-0.2, -0.15) is 0 Å². The Morgan fingerprint density at radius 2 is 2.50 bits per heavy atom. The van der Waals surface area contributed by atoms with E-state index in [4.69, 9.17) is 0 Å². The summed E-state index contributed by atoms with van der Waals surface area (Å²) >= 11 is 2.20. The van der Waals surface area contributed by atoms with Crippen LogP contribution in [0.5, 0.6) is 0 Å². The minimum absolute atomic E-state index is 1.33. The molecule has 0 unspecified atom stereocenters. The Morgan fingerprint density at radius 1 is 1.67 bits per heavy atom. The first-order valence-corrected chi connectivity index (χ1v) is 3.35. The molecule has 0 nitrogen and oxygen atoms in total. The van der Waals surface area contributed by atoms with Gasteiger partial charge < -0.3 is 0 Å². The molecule has 3 radical (unpaired) electrons. The van der Waals surface area contributed by atoms with Gasteiger partial charge >= 0.3 is 46.3 Å². The van der Waals surface area contributed by atoms with Gasteiger partial charge in [-0.1, -0.05) is 0 Å². The topological polar surface area (TPSA) is 0 Å². The minimum atomic E-state index is 1.33. The van der Waals surface area contributed by atoms with E-state index < -0.39 is 0 Å². The van der Waals surface area contributed by atoms with Crippen LogP contribution in [0, 0.1) is 0 Å². The van der Waals surface area contributed by atoms with Crippen LogP contribution in [0.3, 0.4) is 0 Å². The van der Waals surface area contributed by atoms with Gasteiger partial charge in [0.15, 0.2) is 0 Å². The summed E-state index contributed by atoms with van der Waals surface area (Å²) in [5, 5.41) is 0. The molecule has 0 atom stereocenters. The van der Waals surface area contributed by atoms with Crippen LogP contribution in [0.4, 0.5) is 0 Å². The van der Waals surface area contributed by atoms with Crippen molar-refractivity contribution in [2.75, 3.05) is 0 Å². The van der Waals surface area contributed by atoms with Gasteiger partial charge in [0.25, 0.3) is 0 Å². The van der Waals surface area contributed by atoms with Crippen molar-refractivity contribution in [1.82, 2.24) is 0 Å². The molecule has 31 valence electrons. The third kappa shape index (κ3) is 0.870. The maximum absolute atomic E-state index is 2.32. The van der Waals surface area contributed by atoms with Crippen LogP contribution in [0.25, 0.3) is 0 Å². The number of hydrogen-bond donors (Lipinski definition) is 0. The van der Waals surface area contributed by atoms with Gasteiger partial charge in [-0.3, -0.25) is 0 Å². The second kappa shape index (κ2) is 1.83. The molecule has 1 heteroatoms. The summed E-state index contributed by atoms with van der Waals surface area (Å²) in [6, 6.07) is 0. The molecule has 0 saturated heterocycles. The Balaban J connectivity index is 2.45. The predicted molar refractivity (Wildman–Crippen MR) is 27.7 cm³/mol. The van der Waals surface area contributed by atoms with Gasteiger partial charge in [-0.25, -0.2) is 0 Å². The molecule has 0 aromatic heterocycles. The van der Waals surface area contributed by atoms with Gasteiger partial charge in [0.05, 0.1) is 0 Å². The van der Waals surface area contributed by atoms with Gasteiger partial charge in [-0.05, 0) is 0 Å². The molecule has 1 aliphatic rings. The van der Waals surface area contributed by atoms with Crippen LogP contribution < -0.4 is 0 Å². The Labute approximate surface area is 46.8 Å². The molecule has 0 fully saturated rings. The molecule has 1 aliphatic carbocycles. The van der Waals surface area contributed by atoms with Crippen molar-refractivity contribution in [3.05, 3.63) is 10.5 Å². The standard InChI is InChI=1S/C5H7Ge/c6-5-3-1-2-4-5/h3H,1-2,4H2.